The van der Waals surface area contributed by atoms with Crippen molar-refractivity contribution in [1.29, 1.82) is 0 Å². The zero-order valence-corrected chi connectivity index (χ0v) is 14.3. The average Bonchev–Trinajstić information content (AvgIpc) is 3.27. The number of aryl methyl sites for hydroxylation is 1. The molecule has 0 atom stereocenters. The summed E-state index contributed by atoms with van der Waals surface area (Å²) in [6.07, 6.45) is 4.49. The molecule has 1 fully saturated rings. The molecule has 0 aromatic carbocycles. The van der Waals surface area contributed by atoms with Gasteiger partial charge in [-0.05, 0) is 49.0 Å². The van der Waals surface area contributed by atoms with Crippen LogP contribution in [0.3, 0.4) is 0 Å². The van der Waals surface area contributed by atoms with E-state index in [4.69, 9.17) is 0 Å². The van der Waals surface area contributed by atoms with Crippen molar-refractivity contribution in [2.24, 2.45) is 0 Å². The van der Waals surface area contributed by atoms with Gasteiger partial charge in [-0.2, -0.15) is 0 Å². The van der Waals surface area contributed by atoms with Gasteiger partial charge in [-0.25, -0.2) is 0 Å². The second-order valence-electron chi connectivity index (χ2n) is 6.13. The summed E-state index contributed by atoms with van der Waals surface area (Å²) in [5.41, 5.74) is 4.13. The van der Waals surface area contributed by atoms with Gasteiger partial charge in [0.25, 0.3) is 5.91 Å². The topological polar surface area (TPSA) is 74.8 Å². The van der Waals surface area contributed by atoms with Gasteiger partial charge in [-0.15, -0.1) is 5.10 Å². The minimum absolute atomic E-state index is 0.0820. The van der Waals surface area contributed by atoms with E-state index in [0.29, 0.717) is 10.8 Å². The predicted octanol–water partition coefficient (Wildman–Crippen LogP) is 3.00. The standard InChI is InChI=1S/C17H19N5OS/c1-2-12-16(24-21-20-12)17(23)22-8-5-11(6-9-22)14-10-15-13(19-14)4-3-7-18-15/h3-4,7,10-11,19H,2,5-6,8-9H2,1H3. The Hall–Kier alpha value is -2.28. The zero-order chi connectivity index (χ0) is 16.5. The number of hydrogen-bond donors (Lipinski definition) is 1. The molecule has 24 heavy (non-hydrogen) atoms. The van der Waals surface area contributed by atoms with E-state index in [9.17, 15) is 4.79 Å². The summed E-state index contributed by atoms with van der Waals surface area (Å²) in [7, 11) is 0. The number of piperidine rings is 1. The first-order valence-corrected chi connectivity index (χ1v) is 9.07. The van der Waals surface area contributed by atoms with Crippen LogP contribution in [-0.2, 0) is 6.42 Å². The molecule has 7 heteroatoms. The molecule has 1 saturated heterocycles. The van der Waals surface area contributed by atoms with Crippen LogP contribution in [0.5, 0.6) is 0 Å². The third kappa shape index (κ3) is 2.69. The first kappa shape index (κ1) is 15.3. The van der Waals surface area contributed by atoms with Crippen molar-refractivity contribution in [1.82, 2.24) is 24.5 Å². The van der Waals surface area contributed by atoms with Gasteiger partial charge in [0.15, 0.2) is 0 Å². The SMILES string of the molecule is CCc1nnsc1C(=O)N1CCC(c2cc3ncccc3[nH]2)CC1. The summed E-state index contributed by atoms with van der Waals surface area (Å²) in [6, 6.07) is 6.13. The monoisotopic (exact) mass is 341 g/mol. The molecule has 1 aliphatic rings. The summed E-state index contributed by atoms with van der Waals surface area (Å²) in [5.74, 6) is 0.534. The Morgan fingerprint density at radius 2 is 2.25 bits per heavy atom. The maximum Gasteiger partial charge on any atom is 0.267 e. The molecule has 1 aliphatic heterocycles. The van der Waals surface area contributed by atoms with Crippen molar-refractivity contribution < 1.29 is 4.79 Å². The molecule has 4 rings (SSSR count). The van der Waals surface area contributed by atoms with Gasteiger partial charge >= 0.3 is 0 Å². The molecule has 0 aliphatic carbocycles. The van der Waals surface area contributed by atoms with Crippen molar-refractivity contribution in [3.63, 3.8) is 0 Å². The molecule has 0 spiro atoms. The van der Waals surface area contributed by atoms with Crippen LogP contribution < -0.4 is 0 Å². The van der Waals surface area contributed by atoms with Crippen LogP contribution in [0.25, 0.3) is 11.0 Å². The van der Waals surface area contributed by atoms with E-state index in [1.807, 2.05) is 30.2 Å². The normalized spacial score (nSPS) is 16.0. The number of carbonyl (C=O) groups is 1. The van der Waals surface area contributed by atoms with Crippen LogP contribution >= 0.6 is 11.5 Å². The molecule has 3 aromatic rings. The van der Waals surface area contributed by atoms with Gasteiger partial charge in [0, 0.05) is 30.9 Å². The Kier molecular flexibility index (Phi) is 4.02. The van der Waals surface area contributed by atoms with Gasteiger partial charge in [0.05, 0.1) is 16.7 Å². The van der Waals surface area contributed by atoms with E-state index < -0.39 is 0 Å². The number of aromatic amines is 1. The molecule has 0 unspecified atom stereocenters. The maximum absolute atomic E-state index is 12.7. The van der Waals surface area contributed by atoms with Crippen LogP contribution in [0, 0.1) is 0 Å². The number of nitrogens with zero attached hydrogens (tertiary/aromatic N) is 4. The summed E-state index contributed by atoms with van der Waals surface area (Å²) < 4.78 is 3.93. The number of fused-ring (bicyclic) bond motifs is 1. The first-order chi connectivity index (χ1) is 11.8. The van der Waals surface area contributed by atoms with Crippen molar-refractivity contribution in [3.05, 3.63) is 40.7 Å². The molecule has 1 amide bonds. The van der Waals surface area contributed by atoms with Crippen LogP contribution in [0.2, 0.25) is 0 Å². The fourth-order valence-corrected chi connectivity index (χ4v) is 4.06. The van der Waals surface area contributed by atoms with Gasteiger partial charge in [0.2, 0.25) is 0 Å². The highest BCUT2D eigenvalue weighted by atomic mass is 32.1. The summed E-state index contributed by atoms with van der Waals surface area (Å²) in [4.78, 5) is 23.2. The number of rotatable bonds is 3. The number of H-pyrrole nitrogens is 1. The highest BCUT2D eigenvalue weighted by Crippen LogP contribution is 2.30. The molecule has 4 heterocycles. The number of carbonyl (C=O) groups excluding carboxylic acids is 1. The number of pyridine rings is 1. The van der Waals surface area contributed by atoms with E-state index in [0.717, 1.165) is 49.1 Å². The first-order valence-electron chi connectivity index (χ1n) is 8.30. The number of aromatic nitrogens is 4. The van der Waals surface area contributed by atoms with E-state index in [-0.39, 0.29) is 5.91 Å². The maximum atomic E-state index is 12.7. The Morgan fingerprint density at radius 3 is 3.00 bits per heavy atom. The van der Waals surface area contributed by atoms with Crippen molar-refractivity contribution >= 4 is 28.5 Å². The molecule has 3 aromatic heterocycles. The van der Waals surface area contributed by atoms with E-state index >= 15 is 0 Å². The highest BCUT2D eigenvalue weighted by Gasteiger charge is 2.27. The number of likely N-dealkylation sites (tertiary alicyclic amines) is 1. The fraction of sp³-hybridized carbons (Fsp3) is 0.412. The fourth-order valence-electron chi connectivity index (χ4n) is 3.34. The Morgan fingerprint density at radius 1 is 1.42 bits per heavy atom. The summed E-state index contributed by atoms with van der Waals surface area (Å²) in [5, 5.41) is 4.05. The number of nitrogens with one attached hydrogen (secondary N) is 1. The Labute approximate surface area is 144 Å². The minimum Gasteiger partial charge on any atom is -0.357 e. The molecule has 1 N–H and O–H groups in total. The van der Waals surface area contributed by atoms with E-state index in [1.54, 1.807) is 0 Å². The lowest BCUT2D eigenvalue weighted by molar-refractivity contribution is 0.0716. The lowest BCUT2D eigenvalue weighted by atomic mass is 9.93. The van der Waals surface area contributed by atoms with E-state index in [2.05, 4.69) is 25.6 Å². The van der Waals surface area contributed by atoms with Crippen molar-refractivity contribution in [3.8, 4) is 0 Å². The average molecular weight is 341 g/mol. The quantitative estimate of drug-likeness (QED) is 0.795. The van der Waals surface area contributed by atoms with Crippen LogP contribution in [-0.4, -0.2) is 43.5 Å². The zero-order valence-electron chi connectivity index (χ0n) is 13.5. The molecule has 0 radical (unpaired) electrons. The highest BCUT2D eigenvalue weighted by molar-refractivity contribution is 7.08. The van der Waals surface area contributed by atoms with Crippen LogP contribution in [0.4, 0.5) is 0 Å². The summed E-state index contributed by atoms with van der Waals surface area (Å²) in [6.45, 7) is 3.55. The third-order valence-corrected chi connectivity index (χ3v) is 5.47. The Balaban J connectivity index is 1.45. The molecule has 124 valence electrons. The molecule has 6 nitrogen and oxygen atoms in total. The minimum atomic E-state index is 0.0820. The van der Waals surface area contributed by atoms with Crippen molar-refractivity contribution in [2.45, 2.75) is 32.1 Å². The third-order valence-electron chi connectivity index (χ3n) is 4.72. The van der Waals surface area contributed by atoms with Crippen molar-refractivity contribution in [2.75, 3.05) is 13.1 Å². The predicted molar refractivity (Wildman–Crippen MR) is 93.3 cm³/mol. The molecular formula is C17H19N5OS. The molecule has 0 saturated carbocycles. The number of hydrogen-bond acceptors (Lipinski definition) is 5. The van der Waals surface area contributed by atoms with Gasteiger partial charge in [-0.1, -0.05) is 11.4 Å². The van der Waals surface area contributed by atoms with Gasteiger partial charge in [-0.3, -0.25) is 9.78 Å². The van der Waals surface area contributed by atoms with Gasteiger partial charge < -0.3 is 9.88 Å². The second kappa shape index (κ2) is 6.32. The lowest BCUT2D eigenvalue weighted by Crippen LogP contribution is -2.38. The van der Waals surface area contributed by atoms with E-state index in [1.165, 1.54) is 17.2 Å². The number of amides is 1. The largest absolute Gasteiger partial charge is 0.357 e. The smallest absolute Gasteiger partial charge is 0.267 e. The van der Waals surface area contributed by atoms with Gasteiger partial charge in [0.1, 0.15) is 4.88 Å². The Bertz CT molecular complexity index is 830. The lowest BCUT2D eigenvalue weighted by Gasteiger charge is -2.31. The summed E-state index contributed by atoms with van der Waals surface area (Å²) >= 11 is 1.21. The molecule has 0 bridgehead atoms. The molecular weight excluding hydrogens is 322 g/mol. The van der Waals surface area contributed by atoms with Crippen LogP contribution in [0.15, 0.2) is 24.4 Å². The van der Waals surface area contributed by atoms with Crippen LogP contribution in [0.1, 0.15) is 46.7 Å². The second-order valence-corrected chi connectivity index (χ2v) is 6.88.